The zero-order valence-corrected chi connectivity index (χ0v) is 9.51. The highest BCUT2D eigenvalue weighted by atomic mass is 35.5. The lowest BCUT2D eigenvalue weighted by Gasteiger charge is -2.28. The van der Waals surface area contributed by atoms with E-state index in [1.54, 1.807) is 31.3 Å². The molecule has 0 radical (unpaired) electrons. The van der Waals surface area contributed by atoms with E-state index in [1.807, 2.05) is 6.92 Å². The Morgan fingerprint density at radius 1 is 1.60 bits per heavy atom. The average molecular weight is 228 g/mol. The number of aliphatic carboxylic acids is 1. The molecule has 82 valence electrons. The van der Waals surface area contributed by atoms with E-state index in [0.717, 1.165) is 0 Å². The van der Waals surface area contributed by atoms with E-state index in [2.05, 4.69) is 5.32 Å². The molecule has 0 bridgehead atoms. The molecule has 0 saturated carbocycles. The first-order chi connectivity index (χ1) is 7.06. The van der Waals surface area contributed by atoms with Crippen LogP contribution in [0.3, 0.4) is 0 Å². The van der Waals surface area contributed by atoms with Gasteiger partial charge in [-0.05, 0) is 31.2 Å². The Hall–Kier alpha value is -1.06. The maximum atomic E-state index is 11.3. The van der Waals surface area contributed by atoms with Gasteiger partial charge in [-0.15, -0.1) is 0 Å². The van der Waals surface area contributed by atoms with Gasteiger partial charge in [-0.2, -0.15) is 0 Å². The molecule has 0 aliphatic rings. The summed E-state index contributed by atoms with van der Waals surface area (Å²) in [4.78, 5) is 11.3. The van der Waals surface area contributed by atoms with Gasteiger partial charge in [-0.1, -0.05) is 30.7 Å². The lowest BCUT2D eigenvalue weighted by atomic mass is 9.87. The molecule has 0 aromatic heterocycles. The molecule has 4 heteroatoms. The molecule has 3 nitrogen and oxygen atoms in total. The summed E-state index contributed by atoms with van der Waals surface area (Å²) >= 11 is 5.85. The summed E-state index contributed by atoms with van der Waals surface area (Å²) in [5.74, 6) is -0.894. The third-order valence-corrected chi connectivity index (χ3v) is 2.87. The molecular weight excluding hydrogens is 214 g/mol. The fraction of sp³-hybridized carbons (Fsp3) is 0.364. The van der Waals surface area contributed by atoms with Crippen LogP contribution in [0, 0.1) is 0 Å². The first-order valence-corrected chi connectivity index (χ1v) is 5.13. The summed E-state index contributed by atoms with van der Waals surface area (Å²) in [7, 11) is 1.64. The average Bonchev–Trinajstić information content (AvgIpc) is 2.20. The van der Waals surface area contributed by atoms with Crippen molar-refractivity contribution in [1.82, 2.24) is 5.32 Å². The molecule has 1 unspecified atom stereocenters. The molecule has 1 atom stereocenters. The fourth-order valence-corrected chi connectivity index (χ4v) is 1.85. The molecule has 1 rings (SSSR count). The number of hydrogen-bond donors (Lipinski definition) is 2. The molecule has 0 heterocycles. The number of carboxylic acid groups (broad SMARTS) is 1. The fourth-order valence-electron chi connectivity index (χ4n) is 1.66. The number of benzene rings is 1. The first kappa shape index (κ1) is 12.0. The topological polar surface area (TPSA) is 49.3 Å². The maximum Gasteiger partial charge on any atom is 0.328 e. The largest absolute Gasteiger partial charge is 0.480 e. The smallest absolute Gasteiger partial charge is 0.328 e. The Morgan fingerprint density at radius 2 is 2.27 bits per heavy atom. The second kappa shape index (κ2) is 4.64. The molecule has 0 aliphatic heterocycles. The number of likely N-dealkylation sites (N-methyl/N-ethyl adjacent to an activating group) is 1. The minimum atomic E-state index is -1.05. The van der Waals surface area contributed by atoms with Gasteiger partial charge in [-0.3, -0.25) is 0 Å². The van der Waals surface area contributed by atoms with Crippen molar-refractivity contribution in [2.75, 3.05) is 7.05 Å². The molecule has 0 saturated heterocycles. The van der Waals surface area contributed by atoms with Gasteiger partial charge >= 0.3 is 5.97 Å². The SMILES string of the molecule is CCC(NC)(C(=O)O)c1cccc(Cl)c1. The standard InChI is InChI=1S/C11H14ClNO2/c1-3-11(13-2,10(14)15)8-5-4-6-9(12)7-8/h4-7,13H,3H2,1-2H3,(H,14,15). The van der Waals surface area contributed by atoms with Crippen LogP contribution in [0.1, 0.15) is 18.9 Å². The molecule has 1 aromatic carbocycles. The zero-order chi connectivity index (χ0) is 11.5. The predicted octanol–water partition coefficient (Wildman–Crippen LogP) is 2.25. The van der Waals surface area contributed by atoms with Gasteiger partial charge < -0.3 is 10.4 Å². The third kappa shape index (κ3) is 2.13. The molecular formula is C11H14ClNO2. The van der Waals surface area contributed by atoms with E-state index in [9.17, 15) is 9.90 Å². The normalized spacial score (nSPS) is 14.6. The molecule has 0 amide bonds. The summed E-state index contributed by atoms with van der Waals surface area (Å²) < 4.78 is 0. The monoisotopic (exact) mass is 227 g/mol. The van der Waals surface area contributed by atoms with Gasteiger partial charge in [0.2, 0.25) is 0 Å². The van der Waals surface area contributed by atoms with Crippen LogP contribution in [0.2, 0.25) is 5.02 Å². The number of carboxylic acids is 1. The van der Waals surface area contributed by atoms with Crippen molar-refractivity contribution in [1.29, 1.82) is 0 Å². The minimum Gasteiger partial charge on any atom is -0.480 e. The second-order valence-electron chi connectivity index (χ2n) is 3.32. The van der Waals surface area contributed by atoms with Crippen LogP contribution in [-0.2, 0) is 10.3 Å². The maximum absolute atomic E-state index is 11.3. The van der Waals surface area contributed by atoms with Crippen molar-refractivity contribution in [2.45, 2.75) is 18.9 Å². The van der Waals surface area contributed by atoms with Gasteiger partial charge in [0.15, 0.2) is 0 Å². The zero-order valence-electron chi connectivity index (χ0n) is 8.75. The van der Waals surface area contributed by atoms with Crippen LogP contribution in [-0.4, -0.2) is 18.1 Å². The van der Waals surface area contributed by atoms with Crippen molar-refractivity contribution in [3.8, 4) is 0 Å². The molecule has 1 aromatic rings. The number of halogens is 1. The molecule has 2 N–H and O–H groups in total. The Kier molecular flexibility index (Phi) is 3.72. The van der Waals surface area contributed by atoms with Crippen LogP contribution in [0.25, 0.3) is 0 Å². The summed E-state index contributed by atoms with van der Waals surface area (Å²) in [6.07, 6.45) is 0.458. The van der Waals surface area contributed by atoms with Crippen molar-refractivity contribution in [2.24, 2.45) is 0 Å². The molecule has 0 fully saturated rings. The van der Waals surface area contributed by atoms with Crippen LogP contribution in [0.4, 0.5) is 0 Å². The van der Waals surface area contributed by atoms with Crippen LogP contribution < -0.4 is 5.32 Å². The quantitative estimate of drug-likeness (QED) is 0.830. The highest BCUT2D eigenvalue weighted by Crippen LogP contribution is 2.27. The van der Waals surface area contributed by atoms with E-state index in [1.165, 1.54) is 0 Å². The number of hydrogen-bond acceptors (Lipinski definition) is 2. The van der Waals surface area contributed by atoms with Gasteiger partial charge in [-0.25, -0.2) is 4.79 Å². The van der Waals surface area contributed by atoms with Crippen molar-refractivity contribution >= 4 is 17.6 Å². The Morgan fingerprint density at radius 3 is 2.67 bits per heavy atom. The number of carbonyl (C=O) groups is 1. The van der Waals surface area contributed by atoms with Gasteiger partial charge in [0.05, 0.1) is 0 Å². The Labute approximate surface area is 94.1 Å². The minimum absolute atomic E-state index is 0.458. The summed E-state index contributed by atoms with van der Waals surface area (Å²) in [6, 6.07) is 6.92. The predicted molar refractivity (Wildman–Crippen MR) is 60.1 cm³/mol. The highest BCUT2D eigenvalue weighted by Gasteiger charge is 2.36. The summed E-state index contributed by atoms with van der Waals surface area (Å²) in [5.41, 5.74) is -0.377. The van der Waals surface area contributed by atoms with Crippen molar-refractivity contribution in [3.05, 3.63) is 34.9 Å². The van der Waals surface area contributed by atoms with Crippen molar-refractivity contribution < 1.29 is 9.90 Å². The lowest BCUT2D eigenvalue weighted by Crippen LogP contribution is -2.46. The third-order valence-electron chi connectivity index (χ3n) is 2.64. The van der Waals surface area contributed by atoms with Gasteiger partial charge in [0.1, 0.15) is 5.54 Å². The van der Waals surface area contributed by atoms with E-state index in [4.69, 9.17) is 11.6 Å². The van der Waals surface area contributed by atoms with Crippen molar-refractivity contribution in [3.63, 3.8) is 0 Å². The van der Waals surface area contributed by atoms with Crippen LogP contribution in [0.15, 0.2) is 24.3 Å². The molecule has 15 heavy (non-hydrogen) atoms. The van der Waals surface area contributed by atoms with E-state index in [0.29, 0.717) is 17.0 Å². The van der Waals surface area contributed by atoms with Gasteiger partial charge in [0, 0.05) is 5.02 Å². The molecule has 0 spiro atoms. The second-order valence-corrected chi connectivity index (χ2v) is 3.76. The van der Waals surface area contributed by atoms with Gasteiger partial charge in [0.25, 0.3) is 0 Å². The number of rotatable bonds is 4. The van der Waals surface area contributed by atoms with E-state index < -0.39 is 11.5 Å². The number of nitrogens with one attached hydrogen (secondary N) is 1. The Balaban J connectivity index is 3.26. The van der Waals surface area contributed by atoms with Crippen LogP contribution >= 0.6 is 11.6 Å². The highest BCUT2D eigenvalue weighted by molar-refractivity contribution is 6.30. The van der Waals surface area contributed by atoms with E-state index in [-0.39, 0.29) is 0 Å². The van der Waals surface area contributed by atoms with E-state index >= 15 is 0 Å². The van der Waals surface area contributed by atoms with Crippen LogP contribution in [0.5, 0.6) is 0 Å². The summed E-state index contributed by atoms with van der Waals surface area (Å²) in [6.45, 7) is 1.82. The Bertz CT molecular complexity index is 361. The lowest BCUT2D eigenvalue weighted by molar-refractivity contribution is -0.145. The first-order valence-electron chi connectivity index (χ1n) is 4.75. The summed E-state index contributed by atoms with van der Waals surface area (Å²) in [5, 5.41) is 12.7. The molecule has 0 aliphatic carbocycles.